The van der Waals surface area contributed by atoms with Crippen LogP contribution in [0, 0.1) is 6.92 Å². The van der Waals surface area contributed by atoms with Gasteiger partial charge in [-0.15, -0.1) is 0 Å². The molecule has 0 radical (unpaired) electrons. The first-order chi connectivity index (χ1) is 14.0. The van der Waals surface area contributed by atoms with Gasteiger partial charge in [-0.2, -0.15) is 0 Å². The van der Waals surface area contributed by atoms with Crippen LogP contribution < -0.4 is 10.6 Å². The van der Waals surface area contributed by atoms with E-state index >= 15 is 0 Å². The topological polar surface area (TPSA) is 64.7 Å². The fraction of sp³-hybridized carbons (Fsp3) is 0.391. The van der Waals surface area contributed by atoms with Crippen LogP contribution in [0.3, 0.4) is 0 Å². The van der Waals surface area contributed by atoms with Gasteiger partial charge < -0.3 is 10.6 Å². The largest absolute Gasteiger partial charge is 0.348 e. The summed E-state index contributed by atoms with van der Waals surface area (Å²) in [6, 6.07) is 17.8. The van der Waals surface area contributed by atoms with Crippen molar-refractivity contribution in [3.63, 3.8) is 0 Å². The number of piperazine rings is 1. The Morgan fingerprint density at radius 2 is 1.41 bits per heavy atom. The number of rotatable bonds is 7. The fourth-order valence-corrected chi connectivity index (χ4v) is 3.46. The molecular formula is C23H30N4O2. The molecule has 1 saturated heterocycles. The number of hydrogen-bond donors (Lipinski definition) is 2. The summed E-state index contributed by atoms with van der Waals surface area (Å²) in [4.78, 5) is 28.9. The molecular weight excluding hydrogens is 364 g/mol. The molecule has 2 aromatic carbocycles. The minimum Gasteiger partial charge on any atom is -0.348 e. The van der Waals surface area contributed by atoms with Crippen LogP contribution in [0.15, 0.2) is 54.6 Å². The van der Waals surface area contributed by atoms with Gasteiger partial charge in [-0.1, -0.05) is 48.0 Å². The van der Waals surface area contributed by atoms with E-state index in [1.165, 1.54) is 5.56 Å². The summed E-state index contributed by atoms with van der Waals surface area (Å²) in [5.74, 6) is 0.0312. The monoisotopic (exact) mass is 394 g/mol. The molecule has 1 aliphatic heterocycles. The fourth-order valence-electron chi connectivity index (χ4n) is 3.46. The van der Waals surface area contributed by atoms with Gasteiger partial charge in [-0.3, -0.25) is 19.4 Å². The van der Waals surface area contributed by atoms with E-state index in [4.69, 9.17) is 0 Å². The molecule has 0 spiro atoms. The number of nitrogens with zero attached hydrogens (tertiary/aromatic N) is 2. The molecule has 1 heterocycles. The van der Waals surface area contributed by atoms with Crippen molar-refractivity contribution in [2.75, 3.05) is 44.6 Å². The molecule has 1 aliphatic rings. The van der Waals surface area contributed by atoms with Crippen LogP contribution in [0.5, 0.6) is 0 Å². The van der Waals surface area contributed by atoms with Gasteiger partial charge in [0.05, 0.1) is 19.1 Å². The Bertz CT molecular complexity index is 799. The molecule has 3 rings (SSSR count). The molecule has 0 saturated carbocycles. The van der Waals surface area contributed by atoms with Crippen LogP contribution in [0.4, 0.5) is 5.69 Å². The molecule has 0 aliphatic carbocycles. The third-order valence-electron chi connectivity index (χ3n) is 5.21. The molecule has 154 valence electrons. The van der Waals surface area contributed by atoms with Crippen molar-refractivity contribution >= 4 is 17.5 Å². The standard InChI is InChI=1S/C23H30N4O2/c1-18-8-10-21(11-9-18)25-23(29)17-27-14-12-26(13-15-27)16-22(28)24-19(2)20-6-4-3-5-7-20/h3-11,19H,12-17H2,1-2H3,(H,24,28)(H,25,29)/t19-/m0/s1. The lowest BCUT2D eigenvalue weighted by Gasteiger charge is -2.34. The normalized spacial score (nSPS) is 16.2. The molecule has 0 unspecified atom stereocenters. The first-order valence-corrected chi connectivity index (χ1v) is 10.1. The number of carbonyl (C=O) groups is 2. The van der Waals surface area contributed by atoms with E-state index in [0.29, 0.717) is 13.1 Å². The summed E-state index contributed by atoms with van der Waals surface area (Å²) in [6.07, 6.45) is 0. The summed E-state index contributed by atoms with van der Waals surface area (Å²) in [5, 5.41) is 6.00. The maximum absolute atomic E-state index is 12.4. The van der Waals surface area contributed by atoms with Crippen LogP contribution in [-0.4, -0.2) is 60.9 Å². The summed E-state index contributed by atoms with van der Waals surface area (Å²) < 4.78 is 0. The van der Waals surface area contributed by atoms with Gasteiger partial charge in [0.15, 0.2) is 0 Å². The van der Waals surface area contributed by atoms with E-state index in [0.717, 1.165) is 37.4 Å². The predicted molar refractivity (Wildman–Crippen MR) is 116 cm³/mol. The zero-order chi connectivity index (χ0) is 20.6. The Balaban J connectivity index is 1.37. The number of aryl methyl sites for hydroxylation is 1. The van der Waals surface area contributed by atoms with Crippen molar-refractivity contribution < 1.29 is 9.59 Å². The lowest BCUT2D eigenvalue weighted by molar-refractivity contribution is -0.124. The van der Waals surface area contributed by atoms with E-state index in [-0.39, 0.29) is 17.9 Å². The Labute approximate surface area is 172 Å². The highest BCUT2D eigenvalue weighted by atomic mass is 16.2. The van der Waals surface area contributed by atoms with Crippen LogP contribution in [0.25, 0.3) is 0 Å². The van der Waals surface area contributed by atoms with Gasteiger partial charge in [0.1, 0.15) is 0 Å². The number of nitrogens with one attached hydrogen (secondary N) is 2. The number of anilines is 1. The SMILES string of the molecule is Cc1ccc(NC(=O)CN2CCN(CC(=O)N[C@@H](C)c3ccccc3)CC2)cc1. The molecule has 2 N–H and O–H groups in total. The minimum absolute atomic E-state index is 0.00303. The summed E-state index contributed by atoms with van der Waals surface area (Å²) in [6.45, 7) is 7.91. The second-order valence-electron chi connectivity index (χ2n) is 7.67. The maximum Gasteiger partial charge on any atom is 0.238 e. The van der Waals surface area contributed by atoms with Crippen molar-refractivity contribution in [1.29, 1.82) is 0 Å². The molecule has 1 fully saturated rings. The van der Waals surface area contributed by atoms with Gasteiger partial charge in [0.2, 0.25) is 11.8 Å². The zero-order valence-electron chi connectivity index (χ0n) is 17.2. The van der Waals surface area contributed by atoms with E-state index in [9.17, 15) is 9.59 Å². The Kier molecular flexibility index (Phi) is 7.38. The van der Waals surface area contributed by atoms with Crippen LogP contribution in [0.1, 0.15) is 24.1 Å². The van der Waals surface area contributed by atoms with Gasteiger partial charge in [-0.05, 0) is 31.5 Å². The third kappa shape index (κ3) is 6.69. The average Bonchev–Trinajstić information content (AvgIpc) is 2.72. The first-order valence-electron chi connectivity index (χ1n) is 10.1. The Hall–Kier alpha value is -2.70. The predicted octanol–water partition coefficient (Wildman–Crippen LogP) is 2.43. The highest BCUT2D eigenvalue weighted by Crippen LogP contribution is 2.11. The number of amides is 2. The molecule has 2 amide bonds. The van der Waals surface area contributed by atoms with E-state index in [2.05, 4.69) is 20.4 Å². The van der Waals surface area contributed by atoms with E-state index < -0.39 is 0 Å². The van der Waals surface area contributed by atoms with E-state index in [1.54, 1.807) is 0 Å². The molecule has 6 nitrogen and oxygen atoms in total. The lowest BCUT2D eigenvalue weighted by Crippen LogP contribution is -2.51. The van der Waals surface area contributed by atoms with Crippen molar-refractivity contribution in [3.05, 3.63) is 65.7 Å². The van der Waals surface area contributed by atoms with Crippen molar-refractivity contribution in [2.45, 2.75) is 19.9 Å². The lowest BCUT2D eigenvalue weighted by atomic mass is 10.1. The van der Waals surface area contributed by atoms with E-state index in [1.807, 2.05) is 68.4 Å². The smallest absolute Gasteiger partial charge is 0.238 e. The van der Waals surface area contributed by atoms with Crippen LogP contribution in [0.2, 0.25) is 0 Å². The molecule has 6 heteroatoms. The highest BCUT2D eigenvalue weighted by Gasteiger charge is 2.21. The molecule has 2 aromatic rings. The van der Waals surface area contributed by atoms with Crippen molar-refractivity contribution in [3.8, 4) is 0 Å². The summed E-state index contributed by atoms with van der Waals surface area (Å²) >= 11 is 0. The van der Waals surface area contributed by atoms with Crippen LogP contribution >= 0.6 is 0 Å². The maximum atomic E-state index is 12.4. The average molecular weight is 395 g/mol. The highest BCUT2D eigenvalue weighted by molar-refractivity contribution is 5.92. The minimum atomic E-state index is -0.00420. The number of carbonyl (C=O) groups excluding carboxylic acids is 2. The summed E-state index contributed by atoms with van der Waals surface area (Å²) in [5.41, 5.74) is 3.09. The number of hydrogen-bond acceptors (Lipinski definition) is 4. The van der Waals surface area contributed by atoms with Gasteiger partial charge in [0.25, 0.3) is 0 Å². The van der Waals surface area contributed by atoms with Crippen molar-refractivity contribution in [2.24, 2.45) is 0 Å². The molecule has 0 aromatic heterocycles. The summed E-state index contributed by atoms with van der Waals surface area (Å²) in [7, 11) is 0. The van der Waals surface area contributed by atoms with Crippen molar-refractivity contribution in [1.82, 2.24) is 15.1 Å². The first kappa shape index (κ1) is 21.0. The Morgan fingerprint density at radius 1 is 0.862 bits per heavy atom. The second-order valence-corrected chi connectivity index (χ2v) is 7.67. The molecule has 1 atom stereocenters. The van der Waals surface area contributed by atoms with Gasteiger partial charge >= 0.3 is 0 Å². The molecule has 29 heavy (non-hydrogen) atoms. The third-order valence-corrected chi connectivity index (χ3v) is 5.21. The van der Waals surface area contributed by atoms with Gasteiger partial charge in [-0.25, -0.2) is 0 Å². The van der Waals surface area contributed by atoms with Gasteiger partial charge in [0, 0.05) is 31.9 Å². The second kappa shape index (κ2) is 10.2. The molecule has 0 bridgehead atoms. The van der Waals surface area contributed by atoms with Crippen LogP contribution in [-0.2, 0) is 9.59 Å². The quantitative estimate of drug-likeness (QED) is 0.757. The zero-order valence-corrected chi connectivity index (χ0v) is 17.2. The number of benzene rings is 2. The Morgan fingerprint density at radius 3 is 2.00 bits per heavy atom.